The number of amides is 1. The molecule has 3 aliphatic carbocycles. The summed E-state index contributed by atoms with van der Waals surface area (Å²) in [5.74, 6) is 2.15. The van der Waals surface area contributed by atoms with Gasteiger partial charge in [0.25, 0.3) is 0 Å². The van der Waals surface area contributed by atoms with E-state index in [-0.39, 0.29) is 5.91 Å². The summed E-state index contributed by atoms with van der Waals surface area (Å²) in [5.41, 5.74) is 2.31. The molecule has 0 N–H and O–H groups in total. The van der Waals surface area contributed by atoms with Gasteiger partial charge in [-0.1, -0.05) is 42.1 Å². The Labute approximate surface area is 196 Å². The Morgan fingerprint density at radius 3 is 2.66 bits per heavy atom. The third kappa shape index (κ3) is 4.22. The Balaban J connectivity index is 1.23. The largest absolute Gasteiger partial charge is 0.303 e. The fourth-order valence-corrected chi connectivity index (χ4v) is 6.42. The van der Waals surface area contributed by atoms with E-state index < -0.39 is 0 Å². The van der Waals surface area contributed by atoms with Crippen molar-refractivity contribution in [1.29, 1.82) is 0 Å². The summed E-state index contributed by atoms with van der Waals surface area (Å²) < 4.78 is 2.32. The molecule has 2 saturated carbocycles. The molecule has 6 rings (SSSR count). The van der Waals surface area contributed by atoms with Crippen molar-refractivity contribution in [2.75, 3.05) is 10.7 Å². The smallest absolute Gasteiger partial charge is 0.239 e. The summed E-state index contributed by atoms with van der Waals surface area (Å²) in [6, 6.07) is 10.7. The van der Waals surface area contributed by atoms with E-state index in [4.69, 9.17) is 4.98 Å². The van der Waals surface area contributed by atoms with Gasteiger partial charge in [-0.2, -0.15) is 0 Å². The number of thiazole rings is 1. The molecule has 0 radical (unpaired) electrons. The molecule has 0 spiro atoms. The Morgan fingerprint density at radius 2 is 1.91 bits per heavy atom. The van der Waals surface area contributed by atoms with Crippen LogP contribution in [0.5, 0.6) is 0 Å². The third-order valence-corrected chi connectivity index (χ3v) is 8.53. The maximum atomic E-state index is 13.5. The fourth-order valence-electron chi connectivity index (χ4n) is 4.37. The first kappa shape index (κ1) is 20.4. The number of fused-ring (bicyclic) bond motifs is 1. The third-order valence-electron chi connectivity index (χ3n) is 6.42. The van der Waals surface area contributed by atoms with E-state index in [1.165, 1.54) is 60.9 Å². The number of nitrogens with zero attached hydrogens (tertiary/aromatic N) is 5. The second kappa shape index (κ2) is 8.63. The lowest BCUT2D eigenvalue weighted by atomic mass is 10.0. The van der Waals surface area contributed by atoms with Gasteiger partial charge in [0.15, 0.2) is 10.3 Å². The van der Waals surface area contributed by atoms with Gasteiger partial charge in [-0.15, -0.1) is 21.5 Å². The van der Waals surface area contributed by atoms with Crippen LogP contribution in [0.3, 0.4) is 0 Å². The normalized spacial score (nSPS) is 17.9. The van der Waals surface area contributed by atoms with E-state index in [0.29, 0.717) is 24.3 Å². The molecule has 0 saturated heterocycles. The van der Waals surface area contributed by atoms with Crippen molar-refractivity contribution < 1.29 is 4.79 Å². The van der Waals surface area contributed by atoms with Gasteiger partial charge in [-0.3, -0.25) is 9.69 Å². The van der Waals surface area contributed by atoms with Gasteiger partial charge in [-0.25, -0.2) is 4.98 Å². The molecule has 0 aliphatic heterocycles. The van der Waals surface area contributed by atoms with Crippen molar-refractivity contribution in [2.45, 2.75) is 75.0 Å². The fraction of sp³-hybridized carbons (Fsp3) is 0.500. The lowest BCUT2D eigenvalue weighted by Gasteiger charge is -2.20. The van der Waals surface area contributed by atoms with Gasteiger partial charge in [0.2, 0.25) is 5.91 Å². The monoisotopic (exact) mass is 465 g/mol. The first-order valence-corrected chi connectivity index (χ1v) is 13.5. The van der Waals surface area contributed by atoms with Crippen LogP contribution in [0.1, 0.15) is 72.4 Å². The molecule has 1 aromatic carbocycles. The number of hydrogen-bond acceptors (Lipinski definition) is 6. The Hall–Kier alpha value is -2.19. The zero-order valence-electron chi connectivity index (χ0n) is 18.1. The van der Waals surface area contributed by atoms with Crippen molar-refractivity contribution in [2.24, 2.45) is 0 Å². The number of aryl methyl sites for hydroxylation is 2. The van der Waals surface area contributed by atoms with Crippen molar-refractivity contribution in [1.82, 2.24) is 19.7 Å². The molecular formula is C24H27N5OS2. The quantitative estimate of drug-likeness (QED) is 0.431. The molecule has 3 aromatic rings. The van der Waals surface area contributed by atoms with E-state index in [9.17, 15) is 4.79 Å². The number of carbonyl (C=O) groups excluding carboxylic acids is 1. The van der Waals surface area contributed by atoms with Gasteiger partial charge >= 0.3 is 0 Å². The number of thioether (sulfide) groups is 1. The summed E-state index contributed by atoms with van der Waals surface area (Å²) in [4.78, 5) is 21.6. The molecular weight excluding hydrogens is 438 g/mol. The minimum absolute atomic E-state index is 0.0864. The zero-order chi connectivity index (χ0) is 21.5. The summed E-state index contributed by atoms with van der Waals surface area (Å²) >= 11 is 3.23. The SMILES string of the molecule is O=C(CSc1nnc(C2CC2)n1C1CC1)N(Cc1ccccc1)c1nc2c(s1)CCCC2. The molecule has 2 heterocycles. The predicted octanol–water partition coefficient (Wildman–Crippen LogP) is 5.15. The number of benzene rings is 1. The molecule has 32 heavy (non-hydrogen) atoms. The average molecular weight is 466 g/mol. The number of hydrogen-bond donors (Lipinski definition) is 0. The second-order valence-corrected chi connectivity index (χ2v) is 11.0. The molecule has 166 valence electrons. The second-order valence-electron chi connectivity index (χ2n) is 9.04. The minimum atomic E-state index is 0.0864. The predicted molar refractivity (Wildman–Crippen MR) is 127 cm³/mol. The van der Waals surface area contributed by atoms with Gasteiger partial charge in [-0.05, 0) is 56.9 Å². The molecule has 0 unspecified atom stereocenters. The summed E-state index contributed by atoms with van der Waals surface area (Å²) in [5, 5.41) is 10.7. The van der Waals surface area contributed by atoms with E-state index >= 15 is 0 Å². The average Bonchev–Trinajstić information content (AvgIpc) is 3.76. The molecule has 2 aromatic heterocycles. The van der Waals surface area contributed by atoms with Crippen LogP contribution in [0.4, 0.5) is 5.13 Å². The van der Waals surface area contributed by atoms with E-state index in [1.54, 1.807) is 11.3 Å². The molecule has 0 bridgehead atoms. The first-order valence-electron chi connectivity index (χ1n) is 11.7. The standard InChI is InChI=1S/C24H27N5OS2/c30-21(15-31-24-27-26-22(17-10-11-17)29(24)18-12-13-18)28(14-16-6-2-1-3-7-16)23-25-19-8-4-5-9-20(19)32-23/h1-3,6-7,17-18H,4-5,8-15H2. The minimum Gasteiger partial charge on any atom is -0.303 e. The van der Waals surface area contributed by atoms with E-state index in [2.05, 4.69) is 26.9 Å². The molecule has 1 amide bonds. The van der Waals surface area contributed by atoms with E-state index in [1.807, 2.05) is 23.1 Å². The van der Waals surface area contributed by atoms with Crippen LogP contribution in [0.15, 0.2) is 35.5 Å². The first-order chi connectivity index (χ1) is 15.8. The summed E-state index contributed by atoms with van der Waals surface area (Å²) in [6.45, 7) is 0.551. The molecule has 8 heteroatoms. The van der Waals surface area contributed by atoms with Crippen LogP contribution < -0.4 is 4.90 Å². The van der Waals surface area contributed by atoms with Gasteiger partial charge < -0.3 is 4.57 Å². The molecule has 6 nitrogen and oxygen atoms in total. The van der Waals surface area contributed by atoms with Crippen LogP contribution in [-0.2, 0) is 24.2 Å². The number of carbonyl (C=O) groups is 1. The molecule has 2 fully saturated rings. The maximum Gasteiger partial charge on any atom is 0.239 e. The topological polar surface area (TPSA) is 63.9 Å². The maximum absolute atomic E-state index is 13.5. The number of aromatic nitrogens is 4. The highest BCUT2D eigenvalue weighted by molar-refractivity contribution is 7.99. The lowest BCUT2D eigenvalue weighted by Crippen LogP contribution is -2.32. The Bertz CT molecular complexity index is 1090. The Morgan fingerprint density at radius 1 is 1.09 bits per heavy atom. The van der Waals surface area contributed by atoms with Crippen LogP contribution in [0.2, 0.25) is 0 Å². The van der Waals surface area contributed by atoms with Gasteiger partial charge in [0.05, 0.1) is 18.0 Å². The van der Waals surface area contributed by atoms with Crippen LogP contribution in [0.25, 0.3) is 0 Å². The van der Waals surface area contributed by atoms with E-state index in [0.717, 1.165) is 34.5 Å². The summed E-state index contributed by atoms with van der Waals surface area (Å²) in [6.07, 6.45) is 9.36. The van der Waals surface area contributed by atoms with Crippen LogP contribution >= 0.6 is 23.1 Å². The van der Waals surface area contributed by atoms with Crippen molar-refractivity contribution >= 4 is 34.1 Å². The lowest BCUT2D eigenvalue weighted by molar-refractivity contribution is -0.116. The number of rotatable bonds is 8. The highest BCUT2D eigenvalue weighted by atomic mass is 32.2. The zero-order valence-corrected chi connectivity index (χ0v) is 19.7. The van der Waals surface area contributed by atoms with Gasteiger partial charge in [0.1, 0.15) is 5.82 Å². The van der Waals surface area contributed by atoms with Crippen molar-refractivity contribution in [3.8, 4) is 0 Å². The van der Waals surface area contributed by atoms with Crippen molar-refractivity contribution in [3.05, 3.63) is 52.3 Å². The highest BCUT2D eigenvalue weighted by Crippen LogP contribution is 2.46. The molecule has 0 atom stereocenters. The highest BCUT2D eigenvalue weighted by Gasteiger charge is 2.36. The summed E-state index contributed by atoms with van der Waals surface area (Å²) in [7, 11) is 0. The molecule has 3 aliphatic rings. The Kier molecular flexibility index (Phi) is 5.51. The number of anilines is 1. The van der Waals surface area contributed by atoms with Crippen LogP contribution in [-0.4, -0.2) is 31.4 Å². The van der Waals surface area contributed by atoms with Crippen molar-refractivity contribution in [3.63, 3.8) is 0 Å². The van der Waals surface area contributed by atoms with Gasteiger partial charge in [0, 0.05) is 16.8 Å². The van der Waals surface area contributed by atoms with Crippen LogP contribution in [0, 0.1) is 0 Å².